The van der Waals surface area contributed by atoms with E-state index >= 15 is 0 Å². The minimum absolute atomic E-state index is 0.000139. The number of carbonyl (C=O) groups is 1. The fourth-order valence-corrected chi connectivity index (χ4v) is 2.71. The lowest BCUT2D eigenvalue weighted by Gasteiger charge is -2.37. The molecule has 1 aromatic carbocycles. The molecule has 1 aromatic rings. The molecule has 4 nitrogen and oxygen atoms in total. The standard InChI is InChI=1S/C15H18N2O2/c1-11-5-6-12(10-16)14(8-11)17-7-3-2-4-13(17)9-15(18)19/h5-6,8,13H,2-4,7,9H2,1H3,(H,18,19). The van der Waals surface area contributed by atoms with E-state index in [1.807, 2.05) is 25.1 Å². The lowest BCUT2D eigenvalue weighted by atomic mass is 9.97. The summed E-state index contributed by atoms with van der Waals surface area (Å²) in [6.07, 6.45) is 3.13. The number of rotatable bonds is 3. The number of hydrogen-bond acceptors (Lipinski definition) is 3. The molecule has 1 aliphatic heterocycles. The number of piperidine rings is 1. The van der Waals surface area contributed by atoms with E-state index in [2.05, 4.69) is 11.0 Å². The number of benzene rings is 1. The highest BCUT2D eigenvalue weighted by atomic mass is 16.4. The predicted octanol–water partition coefficient (Wildman–Crippen LogP) is 2.70. The van der Waals surface area contributed by atoms with Crippen LogP contribution in [0, 0.1) is 18.3 Å². The monoisotopic (exact) mass is 258 g/mol. The van der Waals surface area contributed by atoms with E-state index in [0.717, 1.165) is 37.1 Å². The van der Waals surface area contributed by atoms with Gasteiger partial charge in [0.25, 0.3) is 0 Å². The molecule has 0 radical (unpaired) electrons. The first-order valence-corrected chi connectivity index (χ1v) is 6.61. The normalized spacial score (nSPS) is 18.9. The van der Waals surface area contributed by atoms with Crippen molar-refractivity contribution in [2.45, 2.75) is 38.6 Å². The second-order valence-electron chi connectivity index (χ2n) is 5.07. The summed E-state index contributed by atoms with van der Waals surface area (Å²) < 4.78 is 0. The van der Waals surface area contributed by atoms with Crippen molar-refractivity contribution >= 4 is 11.7 Å². The first kappa shape index (κ1) is 13.4. The quantitative estimate of drug-likeness (QED) is 0.905. The summed E-state index contributed by atoms with van der Waals surface area (Å²) in [7, 11) is 0. The molecular formula is C15H18N2O2. The highest BCUT2D eigenvalue weighted by molar-refractivity contribution is 5.69. The molecule has 1 unspecified atom stereocenters. The number of nitriles is 1. The Balaban J connectivity index is 2.34. The van der Waals surface area contributed by atoms with Gasteiger partial charge in [0, 0.05) is 12.6 Å². The zero-order chi connectivity index (χ0) is 13.8. The Morgan fingerprint density at radius 3 is 3.00 bits per heavy atom. The minimum atomic E-state index is -0.775. The number of carboxylic acids is 1. The molecule has 19 heavy (non-hydrogen) atoms. The van der Waals surface area contributed by atoms with E-state index in [9.17, 15) is 10.1 Å². The molecule has 0 aliphatic carbocycles. The van der Waals surface area contributed by atoms with E-state index in [0.29, 0.717) is 5.56 Å². The van der Waals surface area contributed by atoms with Crippen molar-refractivity contribution in [2.24, 2.45) is 0 Å². The van der Waals surface area contributed by atoms with Gasteiger partial charge in [0.2, 0.25) is 0 Å². The molecule has 1 atom stereocenters. The molecule has 0 aromatic heterocycles. The van der Waals surface area contributed by atoms with Gasteiger partial charge in [-0.15, -0.1) is 0 Å². The molecule has 0 saturated carbocycles. The van der Waals surface area contributed by atoms with Crippen LogP contribution in [0.25, 0.3) is 0 Å². The van der Waals surface area contributed by atoms with Crippen LogP contribution in [0.5, 0.6) is 0 Å². The SMILES string of the molecule is Cc1ccc(C#N)c(N2CCCCC2CC(=O)O)c1. The summed E-state index contributed by atoms with van der Waals surface area (Å²) in [6, 6.07) is 7.92. The third-order valence-corrected chi connectivity index (χ3v) is 3.62. The van der Waals surface area contributed by atoms with Gasteiger partial charge < -0.3 is 10.0 Å². The lowest BCUT2D eigenvalue weighted by molar-refractivity contribution is -0.137. The van der Waals surface area contributed by atoms with Crippen molar-refractivity contribution in [1.82, 2.24) is 0 Å². The number of aryl methyl sites for hydroxylation is 1. The smallest absolute Gasteiger partial charge is 0.305 e. The van der Waals surface area contributed by atoms with Crippen LogP contribution >= 0.6 is 0 Å². The molecule has 100 valence electrons. The Labute approximate surface area is 113 Å². The molecular weight excluding hydrogens is 240 g/mol. The van der Waals surface area contributed by atoms with E-state index < -0.39 is 5.97 Å². The maximum atomic E-state index is 11.0. The first-order chi connectivity index (χ1) is 9.11. The van der Waals surface area contributed by atoms with Crippen molar-refractivity contribution in [3.05, 3.63) is 29.3 Å². The second kappa shape index (κ2) is 5.75. The van der Waals surface area contributed by atoms with Crippen LogP contribution in [0.1, 0.15) is 36.8 Å². The molecule has 1 heterocycles. The summed E-state index contributed by atoms with van der Waals surface area (Å²) in [4.78, 5) is 13.1. The van der Waals surface area contributed by atoms with Crippen LogP contribution in [0.15, 0.2) is 18.2 Å². The topological polar surface area (TPSA) is 64.3 Å². The van der Waals surface area contributed by atoms with Gasteiger partial charge in [-0.3, -0.25) is 4.79 Å². The summed E-state index contributed by atoms with van der Waals surface area (Å²) >= 11 is 0. The van der Waals surface area contributed by atoms with Gasteiger partial charge in [0.1, 0.15) is 6.07 Å². The summed E-state index contributed by atoms with van der Waals surface area (Å²) in [6.45, 7) is 2.82. The van der Waals surface area contributed by atoms with Gasteiger partial charge in [-0.2, -0.15) is 5.26 Å². The van der Waals surface area contributed by atoms with Gasteiger partial charge in [-0.05, 0) is 43.9 Å². The lowest BCUT2D eigenvalue weighted by Crippen LogP contribution is -2.41. The Morgan fingerprint density at radius 2 is 2.32 bits per heavy atom. The molecule has 2 rings (SSSR count). The van der Waals surface area contributed by atoms with Gasteiger partial charge in [0.15, 0.2) is 0 Å². The highest BCUT2D eigenvalue weighted by Gasteiger charge is 2.26. The number of nitrogens with zero attached hydrogens (tertiary/aromatic N) is 2. The van der Waals surface area contributed by atoms with Crippen LogP contribution < -0.4 is 4.90 Å². The van der Waals surface area contributed by atoms with Crippen molar-refractivity contribution in [1.29, 1.82) is 5.26 Å². The van der Waals surface area contributed by atoms with Crippen molar-refractivity contribution < 1.29 is 9.90 Å². The molecule has 1 saturated heterocycles. The fourth-order valence-electron chi connectivity index (χ4n) is 2.71. The third-order valence-electron chi connectivity index (χ3n) is 3.62. The number of anilines is 1. The Kier molecular flexibility index (Phi) is 4.06. The van der Waals surface area contributed by atoms with E-state index in [1.165, 1.54) is 0 Å². The van der Waals surface area contributed by atoms with Crippen molar-refractivity contribution in [2.75, 3.05) is 11.4 Å². The summed E-state index contributed by atoms with van der Waals surface area (Å²) in [5, 5.41) is 18.2. The Hall–Kier alpha value is -2.02. The van der Waals surface area contributed by atoms with E-state index in [-0.39, 0.29) is 12.5 Å². The second-order valence-corrected chi connectivity index (χ2v) is 5.07. The minimum Gasteiger partial charge on any atom is -0.481 e. The maximum absolute atomic E-state index is 11.0. The maximum Gasteiger partial charge on any atom is 0.305 e. The van der Waals surface area contributed by atoms with Gasteiger partial charge in [-0.25, -0.2) is 0 Å². The van der Waals surface area contributed by atoms with Crippen LogP contribution in [0.4, 0.5) is 5.69 Å². The Morgan fingerprint density at radius 1 is 1.53 bits per heavy atom. The van der Waals surface area contributed by atoms with Gasteiger partial charge in [-0.1, -0.05) is 6.07 Å². The number of aliphatic carboxylic acids is 1. The molecule has 0 amide bonds. The van der Waals surface area contributed by atoms with Crippen LogP contribution in [-0.4, -0.2) is 23.7 Å². The third kappa shape index (κ3) is 3.05. The van der Waals surface area contributed by atoms with Crippen LogP contribution in [0.2, 0.25) is 0 Å². The summed E-state index contributed by atoms with van der Waals surface area (Å²) in [5.41, 5.74) is 2.60. The van der Waals surface area contributed by atoms with Crippen LogP contribution in [-0.2, 0) is 4.79 Å². The molecule has 0 bridgehead atoms. The average Bonchev–Trinajstić information content (AvgIpc) is 2.38. The average molecular weight is 258 g/mol. The van der Waals surface area contributed by atoms with E-state index in [4.69, 9.17) is 5.11 Å². The largest absolute Gasteiger partial charge is 0.481 e. The number of carboxylic acid groups (broad SMARTS) is 1. The van der Waals surface area contributed by atoms with Gasteiger partial charge >= 0.3 is 5.97 Å². The molecule has 1 N–H and O–H groups in total. The first-order valence-electron chi connectivity index (χ1n) is 6.61. The molecule has 1 fully saturated rings. The van der Waals surface area contributed by atoms with Crippen molar-refractivity contribution in [3.8, 4) is 6.07 Å². The predicted molar refractivity (Wildman–Crippen MR) is 73.1 cm³/mol. The van der Waals surface area contributed by atoms with E-state index in [1.54, 1.807) is 0 Å². The molecule has 4 heteroatoms. The Bertz CT molecular complexity index is 519. The zero-order valence-corrected chi connectivity index (χ0v) is 11.1. The number of hydrogen-bond donors (Lipinski definition) is 1. The molecule has 1 aliphatic rings. The molecule has 0 spiro atoms. The fraction of sp³-hybridized carbons (Fsp3) is 0.467. The van der Waals surface area contributed by atoms with Crippen LogP contribution in [0.3, 0.4) is 0 Å². The highest BCUT2D eigenvalue weighted by Crippen LogP contribution is 2.30. The summed E-state index contributed by atoms with van der Waals surface area (Å²) in [5.74, 6) is -0.775. The van der Waals surface area contributed by atoms with Crippen molar-refractivity contribution in [3.63, 3.8) is 0 Å². The van der Waals surface area contributed by atoms with Gasteiger partial charge in [0.05, 0.1) is 17.7 Å². The zero-order valence-electron chi connectivity index (χ0n) is 11.1.